The molecule has 0 spiro atoms. The average Bonchev–Trinajstić information content (AvgIpc) is 2.27. The third kappa shape index (κ3) is 2.36. The number of rotatable bonds is 3. The number of hydrogen-bond acceptors (Lipinski definition) is 8. The quantitative estimate of drug-likeness (QED) is 0.319. The molecule has 20 heavy (non-hydrogen) atoms. The molecule has 0 atom stereocenters. The van der Waals surface area contributed by atoms with Gasteiger partial charge in [-0.15, -0.1) is 4.40 Å². The molecule has 1 aromatic rings. The highest BCUT2D eigenvalue weighted by atomic mass is 32.3. The van der Waals surface area contributed by atoms with Crippen LogP contribution in [0.3, 0.4) is 0 Å². The summed E-state index contributed by atoms with van der Waals surface area (Å²) in [5.74, 6) is -2.25. The van der Waals surface area contributed by atoms with E-state index in [2.05, 4.69) is 9.71 Å². The second-order valence-corrected chi connectivity index (χ2v) is 5.45. The maximum absolute atomic E-state index is 10.9. The molecular formula is C9H9N3O7S. The molecule has 5 N–H and O–H groups in total. The van der Waals surface area contributed by atoms with Gasteiger partial charge in [0.25, 0.3) is 0 Å². The highest BCUT2D eigenvalue weighted by Gasteiger charge is 2.36. The molecule has 0 saturated heterocycles. The molecule has 1 heterocycles. The van der Waals surface area contributed by atoms with Crippen molar-refractivity contribution in [3.05, 3.63) is 22.2 Å². The molecule has 10 nitrogen and oxygen atoms in total. The summed E-state index contributed by atoms with van der Waals surface area (Å²) in [6.45, 7) is 0. The van der Waals surface area contributed by atoms with Crippen molar-refractivity contribution >= 4 is 34.0 Å². The predicted octanol–water partition coefficient (Wildman–Crippen LogP) is 1.62. The zero-order valence-electron chi connectivity index (χ0n) is 9.68. The summed E-state index contributed by atoms with van der Waals surface area (Å²) in [6, 6.07) is 2.16. The van der Waals surface area contributed by atoms with Gasteiger partial charge >= 0.3 is 11.7 Å². The van der Waals surface area contributed by atoms with Gasteiger partial charge in [0.2, 0.25) is 0 Å². The summed E-state index contributed by atoms with van der Waals surface area (Å²) in [7, 11) is -3.97. The summed E-state index contributed by atoms with van der Waals surface area (Å²) in [4.78, 5) is 20.0. The average molecular weight is 303 g/mol. The first kappa shape index (κ1) is 14.0. The fourth-order valence-electron chi connectivity index (χ4n) is 1.71. The fraction of sp³-hybridized carbons (Fsp3) is 0.111. The van der Waals surface area contributed by atoms with Crippen molar-refractivity contribution in [3.63, 3.8) is 0 Å². The van der Waals surface area contributed by atoms with Crippen molar-refractivity contribution in [2.24, 2.45) is 4.40 Å². The van der Waals surface area contributed by atoms with E-state index in [9.17, 15) is 29.1 Å². The van der Waals surface area contributed by atoms with Crippen molar-refractivity contribution in [3.8, 4) is 5.75 Å². The normalized spacial score (nSPS) is 17.4. The van der Waals surface area contributed by atoms with Gasteiger partial charge in [-0.1, -0.05) is 10.8 Å². The van der Waals surface area contributed by atoms with Crippen LogP contribution in [0.4, 0.5) is 11.4 Å². The lowest BCUT2D eigenvalue weighted by Gasteiger charge is -2.33. The Bertz CT molecular complexity index is 643. The number of carboxylic acids is 1. The van der Waals surface area contributed by atoms with E-state index in [1.807, 2.05) is 0 Å². The Balaban J connectivity index is 2.61. The molecule has 1 aromatic carbocycles. The lowest BCUT2D eigenvalue weighted by atomic mass is 10.2. The molecule has 1 aliphatic heterocycles. The molecule has 1 aliphatic rings. The van der Waals surface area contributed by atoms with E-state index in [-0.39, 0.29) is 11.5 Å². The number of aromatic hydroxyl groups is 1. The number of hydrogen-bond donors (Lipinski definition) is 5. The summed E-state index contributed by atoms with van der Waals surface area (Å²) in [5, 5.41) is 31.5. The highest BCUT2D eigenvalue weighted by molar-refractivity contribution is 8.23. The Morgan fingerprint density at radius 3 is 2.65 bits per heavy atom. The van der Waals surface area contributed by atoms with Crippen LogP contribution in [0.2, 0.25) is 0 Å². The largest absolute Gasteiger partial charge is 0.502 e. The number of fused-ring (bicyclic) bond motifs is 1. The number of carboxylic acid groups (broad SMARTS) is 1. The molecular weight excluding hydrogens is 294 g/mol. The Hall–Kier alpha value is -2.37. The number of nitro groups is 1. The molecule has 11 heteroatoms. The molecule has 0 saturated carbocycles. The van der Waals surface area contributed by atoms with E-state index < -0.39 is 44.4 Å². The molecule has 0 radical (unpaired) electrons. The minimum atomic E-state index is -3.97. The second kappa shape index (κ2) is 4.63. The van der Waals surface area contributed by atoms with E-state index in [1.165, 1.54) is 6.07 Å². The third-order valence-corrected chi connectivity index (χ3v) is 3.84. The van der Waals surface area contributed by atoms with Crippen LogP contribution in [0.5, 0.6) is 5.75 Å². The minimum Gasteiger partial charge on any atom is -0.502 e. The molecule has 0 aliphatic carbocycles. The maximum Gasteiger partial charge on any atom is 0.337 e. The summed E-state index contributed by atoms with van der Waals surface area (Å²) >= 11 is 0. The second-order valence-electron chi connectivity index (χ2n) is 3.82. The predicted molar refractivity (Wildman–Crippen MR) is 69.2 cm³/mol. The summed E-state index contributed by atoms with van der Waals surface area (Å²) < 4.78 is 23.1. The van der Waals surface area contributed by atoms with Gasteiger partial charge in [0.15, 0.2) is 10.6 Å². The smallest absolute Gasteiger partial charge is 0.337 e. The molecule has 108 valence electrons. The number of nitro benzene ring substituents is 1. The topological polar surface area (TPSA) is 166 Å². The van der Waals surface area contributed by atoms with Crippen LogP contribution in [-0.2, 0) is 4.79 Å². The van der Waals surface area contributed by atoms with Gasteiger partial charge in [-0.2, -0.15) is 0 Å². The first-order valence-electron chi connectivity index (χ1n) is 5.08. The monoisotopic (exact) mass is 303 g/mol. The number of carbonyl (C=O) groups is 1. The highest BCUT2D eigenvalue weighted by Crippen LogP contribution is 2.60. The zero-order chi connectivity index (χ0) is 15.1. The van der Waals surface area contributed by atoms with E-state index in [0.717, 1.165) is 6.07 Å². The SMILES string of the molecule is O=C(O)CC1=NS(O)(O)c2c(ccc(O)c2[N+](=O)[O-])N1. The van der Waals surface area contributed by atoms with Gasteiger partial charge in [-0.3, -0.25) is 24.0 Å². The van der Waals surface area contributed by atoms with Crippen LogP contribution in [0, 0.1) is 10.1 Å². The van der Waals surface area contributed by atoms with Crippen LogP contribution in [0.1, 0.15) is 6.42 Å². The summed E-state index contributed by atoms with van der Waals surface area (Å²) in [5.41, 5.74) is -0.964. The third-order valence-electron chi connectivity index (χ3n) is 2.40. The minimum absolute atomic E-state index is 0.0826. The first-order valence-corrected chi connectivity index (χ1v) is 6.59. The number of nitrogens with zero attached hydrogens (tertiary/aromatic N) is 2. The lowest BCUT2D eigenvalue weighted by Crippen LogP contribution is -2.23. The van der Waals surface area contributed by atoms with Gasteiger partial charge < -0.3 is 15.5 Å². The standard InChI is InChI=1S/C9H9N3O7S/c13-5-2-1-4-9(8(5)12(16)17)20(18,19)11-6(10-4)3-7(14)15/h1-2,13,18-19H,3H2,(H,10,11)(H,14,15). The van der Waals surface area contributed by atoms with Crippen LogP contribution >= 0.6 is 10.8 Å². The van der Waals surface area contributed by atoms with Crippen LogP contribution < -0.4 is 5.32 Å². The Kier molecular flexibility index (Phi) is 3.25. The van der Waals surface area contributed by atoms with Gasteiger partial charge in [0.05, 0.1) is 10.6 Å². The number of aliphatic carboxylic acids is 1. The molecule has 0 aromatic heterocycles. The van der Waals surface area contributed by atoms with Crippen LogP contribution in [0.25, 0.3) is 0 Å². The van der Waals surface area contributed by atoms with Crippen LogP contribution in [-0.4, -0.2) is 36.0 Å². The van der Waals surface area contributed by atoms with E-state index in [1.54, 1.807) is 0 Å². The van der Waals surface area contributed by atoms with E-state index >= 15 is 0 Å². The summed E-state index contributed by atoms with van der Waals surface area (Å²) in [6.07, 6.45) is -0.607. The maximum atomic E-state index is 10.9. The number of anilines is 1. The van der Waals surface area contributed by atoms with Crippen LogP contribution in [0.15, 0.2) is 21.4 Å². The fourth-order valence-corrected chi connectivity index (χ4v) is 3.07. The van der Waals surface area contributed by atoms with Crippen molar-refractivity contribution < 1.29 is 29.0 Å². The van der Waals surface area contributed by atoms with E-state index in [4.69, 9.17) is 5.11 Å². The molecule has 0 amide bonds. The number of phenolic OH excluding ortho intramolecular Hbond substituents is 1. The molecule has 0 unspecified atom stereocenters. The number of amidine groups is 1. The first-order chi connectivity index (χ1) is 9.22. The Morgan fingerprint density at radius 1 is 1.45 bits per heavy atom. The van der Waals surface area contributed by atoms with Crippen molar-refractivity contribution in [2.45, 2.75) is 11.3 Å². The Labute approximate surface area is 113 Å². The van der Waals surface area contributed by atoms with Gasteiger partial charge in [-0.25, -0.2) is 0 Å². The molecule has 0 bridgehead atoms. The number of nitrogens with one attached hydrogen (secondary N) is 1. The van der Waals surface area contributed by atoms with Crippen molar-refractivity contribution in [2.75, 3.05) is 5.32 Å². The van der Waals surface area contributed by atoms with Gasteiger partial charge in [-0.05, 0) is 12.1 Å². The Morgan fingerprint density at radius 2 is 2.10 bits per heavy atom. The van der Waals surface area contributed by atoms with Crippen molar-refractivity contribution in [1.29, 1.82) is 0 Å². The van der Waals surface area contributed by atoms with Gasteiger partial charge in [0.1, 0.15) is 12.3 Å². The zero-order valence-corrected chi connectivity index (χ0v) is 10.5. The number of phenols is 1. The van der Waals surface area contributed by atoms with Crippen molar-refractivity contribution in [1.82, 2.24) is 0 Å². The van der Waals surface area contributed by atoms with E-state index in [0.29, 0.717) is 0 Å². The van der Waals surface area contributed by atoms with Gasteiger partial charge in [0, 0.05) is 0 Å². The molecule has 2 rings (SSSR count). The number of benzene rings is 1. The lowest BCUT2D eigenvalue weighted by molar-refractivity contribution is -0.388. The molecule has 0 fully saturated rings.